The van der Waals surface area contributed by atoms with Crippen LogP contribution in [0.3, 0.4) is 0 Å². The van der Waals surface area contributed by atoms with Gasteiger partial charge < -0.3 is 20.4 Å². The van der Waals surface area contributed by atoms with Gasteiger partial charge in [0.25, 0.3) is 0 Å². The highest BCUT2D eigenvalue weighted by atomic mass is 16.4. The summed E-state index contributed by atoms with van der Waals surface area (Å²) in [6.07, 6.45) is 0. The quantitative estimate of drug-likeness (QED) is 0.371. The van der Waals surface area contributed by atoms with Crippen molar-refractivity contribution in [2.75, 3.05) is 39.3 Å². The lowest BCUT2D eigenvalue weighted by atomic mass is 10.4. The molecule has 0 fully saturated rings. The predicted octanol–water partition coefficient (Wildman–Crippen LogP) is 0.335. The normalized spacial score (nSPS) is 8.69. The van der Waals surface area contributed by atoms with E-state index in [-0.39, 0.29) is 13.1 Å². The molecule has 4 N–H and O–H groups in total. The molecule has 0 heterocycles. The Kier molecular flexibility index (Phi) is 26.1. The Hall–Kier alpha value is -2.98. The van der Waals surface area contributed by atoms with Crippen molar-refractivity contribution in [2.45, 2.75) is 0 Å². The van der Waals surface area contributed by atoms with Crippen LogP contribution < -0.4 is 0 Å². The van der Waals surface area contributed by atoms with Crippen molar-refractivity contribution in [2.24, 2.45) is 0 Å². The maximum atomic E-state index is 10.6. The summed E-state index contributed by atoms with van der Waals surface area (Å²) in [5.74, 6) is -4.91. The van der Waals surface area contributed by atoms with E-state index >= 15 is 0 Å². The average molecular weight is 376 g/mol. The van der Waals surface area contributed by atoms with E-state index in [2.05, 4.69) is 39.5 Å². The standard InChI is InChI=1S/C10H16N2O8.3C2H4/c13-7(14)3-11(4-8(15)16)1-2-12(5-9(17)18)6-10(19)20;3*1-2/h1-6H2,(H,13,14)(H,15,16)(H,17,18)(H,19,20);3*1-2H2. The topological polar surface area (TPSA) is 156 Å². The van der Waals surface area contributed by atoms with Crippen LogP contribution in [0.25, 0.3) is 0 Å². The molecular formula is C16H28N2O8. The van der Waals surface area contributed by atoms with Gasteiger partial charge in [-0.25, -0.2) is 0 Å². The van der Waals surface area contributed by atoms with E-state index in [0.717, 1.165) is 9.80 Å². The zero-order valence-corrected chi connectivity index (χ0v) is 14.8. The zero-order chi connectivity index (χ0) is 21.7. The molecule has 0 atom stereocenters. The number of carboxylic acid groups (broad SMARTS) is 4. The molecule has 0 radical (unpaired) electrons. The summed E-state index contributed by atoms with van der Waals surface area (Å²) in [5.41, 5.74) is 0. The van der Waals surface area contributed by atoms with Crippen LogP contribution in [0.4, 0.5) is 0 Å². The van der Waals surface area contributed by atoms with Crippen molar-refractivity contribution in [3.05, 3.63) is 39.5 Å². The van der Waals surface area contributed by atoms with Crippen LogP contribution in [0, 0.1) is 0 Å². The lowest BCUT2D eigenvalue weighted by molar-refractivity contribution is -0.145. The molecule has 0 aliphatic rings. The van der Waals surface area contributed by atoms with Gasteiger partial charge in [-0.05, 0) is 0 Å². The first-order valence-electron chi connectivity index (χ1n) is 7.02. The highest BCUT2D eigenvalue weighted by molar-refractivity contribution is 5.73. The van der Waals surface area contributed by atoms with Crippen molar-refractivity contribution in [3.8, 4) is 0 Å². The van der Waals surface area contributed by atoms with Crippen LogP contribution in [0.1, 0.15) is 0 Å². The van der Waals surface area contributed by atoms with Gasteiger partial charge in [-0.1, -0.05) is 0 Å². The minimum atomic E-state index is -1.23. The van der Waals surface area contributed by atoms with E-state index in [1.54, 1.807) is 0 Å². The summed E-state index contributed by atoms with van der Waals surface area (Å²) < 4.78 is 0. The van der Waals surface area contributed by atoms with Crippen molar-refractivity contribution < 1.29 is 39.6 Å². The lowest BCUT2D eigenvalue weighted by Crippen LogP contribution is -2.43. The number of carbonyl (C=O) groups is 4. The van der Waals surface area contributed by atoms with Gasteiger partial charge in [-0.2, -0.15) is 0 Å². The molecule has 0 aliphatic carbocycles. The Balaban J connectivity index is -0.000000362. The third kappa shape index (κ3) is 25.9. The van der Waals surface area contributed by atoms with Crippen LogP contribution in [-0.2, 0) is 19.2 Å². The predicted molar refractivity (Wildman–Crippen MR) is 97.2 cm³/mol. The maximum Gasteiger partial charge on any atom is 0.317 e. The van der Waals surface area contributed by atoms with Crippen LogP contribution >= 0.6 is 0 Å². The fourth-order valence-corrected chi connectivity index (χ4v) is 1.48. The molecule has 10 heteroatoms. The molecule has 0 saturated carbocycles. The minimum Gasteiger partial charge on any atom is -0.480 e. The Labute approximate surface area is 153 Å². The number of hydrogen-bond acceptors (Lipinski definition) is 6. The van der Waals surface area contributed by atoms with E-state index in [9.17, 15) is 19.2 Å². The third-order valence-electron chi connectivity index (χ3n) is 2.17. The van der Waals surface area contributed by atoms with Gasteiger partial charge in [-0.3, -0.25) is 29.0 Å². The number of nitrogens with zero attached hydrogens (tertiary/aromatic N) is 2. The second-order valence-corrected chi connectivity index (χ2v) is 4.00. The number of rotatable bonds is 11. The summed E-state index contributed by atoms with van der Waals surface area (Å²) in [7, 11) is 0. The molecule has 0 saturated heterocycles. The molecular weight excluding hydrogens is 348 g/mol. The first kappa shape index (κ1) is 30.9. The SMILES string of the molecule is C=C.C=C.C=C.O=C(O)CN(CCN(CC(=O)O)CC(=O)O)CC(=O)O. The third-order valence-corrected chi connectivity index (χ3v) is 2.17. The van der Waals surface area contributed by atoms with E-state index in [4.69, 9.17) is 20.4 Å². The molecule has 0 spiro atoms. The number of carboxylic acids is 4. The van der Waals surface area contributed by atoms with Crippen LogP contribution in [0.15, 0.2) is 39.5 Å². The monoisotopic (exact) mass is 376 g/mol. The second kappa shape index (κ2) is 22.0. The number of aliphatic carboxylic acids is 4. The average Bonchev–Trinajstić information content (AvgIpc) is 2.56. The molecule has 0 rings (SSSR count). The molecule has 0 aliphatic heterocycles. The van der Waals surface area contributed by atoms with Crippen LogP contribution in [0.5, 0.6) is 0 Å². The number of hydrogen-bond donors (Lipinski definition) is 4. The van der Waals surface area contributed by atoms with Crippen molar-refractivity contribution in [1.82, 2.24) is 9.80 Å². The van der Waals surface area contributed by atoms with Gasteiger partial charge in [0, 0.05) is 13.1 Å². The van der Waals surface area contributed by atoms with Gasteiger partial charge >= 0.3 is 23.9 Å². The summed E-state index contributed by atoms with van der Waals surface area (Å²) in [4.78, 5) is 44.4. The lowest BCUT2D eigenvalue weighted by Gasteiger charge is -2.23. The van der Waals surface area contributed by atoms with Crippen molar-refractivity contribution in [1.29, 1.82) is 0 Å². The van der Waals surface area contributed by atoms with E-state index in [1.165, 1.54) is 0 Å². The van der Waals surface area contributed by atoms with Crippen molar-refractivity contribution >= 4 is 23.9 Å². The van der Waals surface area contributed by atoms with E-state index < -0.39 is 50.1 Å². The Bertz CT molecular complexity index is 356. The molecule has 0 unspecified atom stereocenters. The summed E-state index contributed by atoms with van der Waals surface area (Å²) >= 11 is 0. The maximum absolute atomic E-state index is 10.6. The Morgan fingerprint density at radius 2 is 0.654 bits per heavy atom. The molecule has 10 nitrogen and oxygen atoms in total. The largest absolute Gasteiger partial charge is 0.480 e. The van der Waals surface area contributed by atoms with Crippen molar-refractivity contribution in [3.63, 3.8) is 0 Å². The molecule has 0 aromatic heterocycles. The smallest absolute Gasteiger partial charge is 0.317 e. The minimum absolute atomic E-state index is 0.0703. The zero-order valence-electron chi connectivity index (χ0n) is 14.8. The molecule has 0 bridgehead atoms. The highest BCUT2D eigenvalue weighted by Crippen LogP contribution is 1.94. The first-order valence-corrected chi connectivity index (χ1v) is 7.02. The van der Waals surface area contributed by atoms with Crippen LogP contribution in [-0.4, -0.2) is 93.4 Å². The van der Waals surface area contributed by atoms with Gasteiger partial charge in [0.15, 0.2) is 0 Å². The first-order chi connectivity index (χ1) is 12.2. The van der Waals surface area contributed by atoms with Gasteiger partial charge in [0.1, 0.15) is 0 Å². The molecule has 0 amide bonds. The van der Waals surface area contributed by atoms with Gasteiger partial charge in [0.05, 0.1) is 26.2 Å². The summed E-state index contributed by atoms with van der Waals surface area (Å²) in [5, 5.41) is 34.5. The highest BCUT2D eigenvalue weighted by Gasteiger charge is 2.17. The second-order valence-electron chi connectivity index (χ2n) is 4.00. The van der Waals surface area contributed by atoms with Gasteiger partial charge in [-0.15, -0.1) is 39.5 Å². The van der Waals surface area contributed by atoms with Gasteiger partial charge in [0.2, 0.25) is 0 Å². The molecule has 0 aromatic carbocycles. The Morgan fingerprint density at radius 1 is 0.500 bits per heavy atom. The van der Waals surface area contributed by atoms with E-state index in [0.29, 0.717) is 0 Å². The summed E-state index contributed by atoms with van der Waals surface area (Å²) in [6, 6.07) is 0. The fraction of sp³-hybridized carbons (Fsp3) is 0.375. The summed E-state index contributed by atoms with van der Waals surface area (Å²) in [6.45, 7) is 15.7. The molecule has 0 aromatic rings. The fourth-order valence-electron chi connectivity index (χ4n) is 1.48. The molecule has 26 heavy (non-hydrogen) atoms. The van der Waals surface area contributed by atoms with Crippen LogP contribution in [0.2, 0.25) is 0 Å². The van der Waals surface area contributed by atoms with E-state index in [1.807, 2.05) is 0 Å². The Morgan fingerprint density at radius 3 is 0.769 bits per heavy atom. The molecule has 150 valence electrons.